The third-order valence-electron chi connectivity index (χ3n) is 8.20. The van der Waals surface area contributed by atoms with Crippen LogP contribution in [-0.2, 0) is 5.41 Å². The van der Waals surface area contributed by atoms with E-state index in [2.05, 4.69) is 105 Å². The van der Waals surface area contributed by atoms with Crippen molar-refractivity contribution >= 4 is 10.9 Å². The summed E-state index contributed by atoms with van der Waals surface area (Å²) >= 11 is 0. The maximum atomic E-state index is 6.72. The van der Waals surface area contributed by atoms with Gasteiger partial charge in [-0.05, 0) is 57.6 Å². The molecule has 0 atom stereocenters. The fraction of sp³-hybridized carbons (Fsp3) is 0.0833. The molecule has 0 unspecified atom stereocenters. The van der Waals surface area contributed by atoms with Crippen molar-refractivity contribution in [2.45, 2.75) is 19.3 Å². The number of hydrogen-bond donors (Lipinski definition) is 0. The van der Waals surface area contributed by atoms with Crippen molar-refractivity contribution in [3.05, 3.63) is 127 Å². The number of nitrogens with zero attached hydrogens (tertiary/aromatic N) is 1. The van der Waals surface area contributed by atoms with Gasteiger partial charge in [-0.2, -0.15) is 0 Å². The van der Waals surface area contributed by atoms with Crippen LogP contribution < -0.4 is 9.47 Å². The number of fused-ring (bicyclic) bond motifs is 6. The zero-order valence-corrected chi connectivity index (χ0v) is 21.7. The van der Waals surface area contributed by atoms with Gasteiger partial charge in [0.25, 0.3) is 0 Å². The van der Waals surface area contributed by atoms with E-state index in [1.165, 1.54) is 22.3 Å². The molecule has 0 radical (unpaired) electrons. The summed E-state index contributed by atoms with van der Waals surface area (Å²) in [4.78, 5) is 4.72. The lowest BCUT2D eigenvalue weighted by molar-refractivity contribution is 0.360. The predicted octanol–water partition coefficient (Wildman–Crippen LogP) is 9.77. The number of rotatable bonds is 2. The van der Waals surface area contributed by atoms with Crippen LogP contribution in [0.5, 0.6) is 23.0 Å². The summed E-state index contributed by atoms with van der Waals surface area (Å²) < 4.78 is 13.2. The van der Waals surface area contributed by atoms with Crippen molar-refractivity contribution in [1.29, 1.82) is 0 Å². The fourth-order valence-corrected chi connectivity index (χ4v) is 6.28. The molecule has 0 N–H and O–H groups in total. The van der Waals surface area contributed by atoms with E-state index in [1.54, 1.807) is 0 Å². The van der Waals surface area contributed by atoms with Gasteiger partial charge in [0.1, 0.15) is 0 Å². The fourth-order valence-electron chi connectivity index (χ4n) is 6.28. The number of para-hydroxylation sites is 2. The second-order valence-corrected chi connectivity index (χ2v) is 10.8. The minimum atomic E-state index is -0.113. The van der Waals surface area contributed by atoms with Crippen LogP contribution in [-0.4, -0.2) is 4.98 Å². The summed E-state index contributed by atoms with van der Waals surface area (Å²) in [5, 5.41) is 1.12. The summed E-state index contributed by atoms with van der Waals surface area (Å²) in [5.41, 5.74) is 10.2. The highest BCUT2D eigenvalue weighted by atomic mass is 16.6. The second kappa shape index (κ2) is 8.05. The maximum Gasteiger partial charge on any atom is 0.177 e. The third-order valence-corrected chi connectivity index (χ3v) is 8.20. The lowest BCUT2D eigenvalue weighted by atomic mass is 9.82. The van der Waals surface area contributed by atoms with Crippen molar-refractivity contribution in [2.24, 2.45) is 0 Å². The number of ether oxygens (including phenoxy) is 2. The molecule has 2 aliphatic rings. The third kappa shape index (κ3) is 3.20. The molecule has 0 amide bonds. The molecular weight excluding hydrogens is 478 g/mol. The Balaban J connectivity index is 1.28. The summed E-state index contributed by atoms with van der Waals surface area (Å²) in [6.45, 7) is 4.56. The van der Waals surface area contributed by atoms with E-state index in [0.717, 1.165) is 56.2 Å². The lowest BCUT2D eigenvalue weighted by Gasteiger charge is -2.26. The van der Waals surface area contributed by atoms with E-state index in [0.29, 0.717) is 0 Å². The number of pyridine rings is 1. The highest BCUT2D eigenvalue weighted by Gasteiger charge is 2.37. The van der Waals surface area contributed by atoms with Gasteiger partial charge in [0, 0.05) is 28.1 Å². The van der Waals surface area contributed by atoms with E-state index >= 15 is 0 Å². The molecule has 0 fully saturated rings. The van der Waals surface area contributed by atoms with Crippen molar-refractivity contribution in [2.75, 3.05) is 0 Å². The summed E-state index contributed by atoms with van der Waals surface area (Å²) in [6.07, 6.45) is 1.85. The number of hydrogen-bond acceptors (Lipinski definition) is 3. The van der Waals surface area contributed by atoms with Crippen LogP contribution in [0.3, 0.4) is 0 Å². The smallest absolute Gasteiger partial charge is 0.177 e. The zero-order valence-electron chi connectivity index (χ0n) is 21.7. The monoisotopic (exact) mass is 503 g/mol. The van der Waals surface area contributed by atoms with Gasteiger partial charge in [0.15, 0.2) is 23.0 Å². The Morgan fingerprint density at radius 2 is 1.18 bits per heavy atom. The first kappa shape index (κ1) is 22.1. The molecule has 0 saturated heterocycles. The van der Waals surface area contributed by atoms with Crippen molar-refractivity contribution in [3.63, 3.8) is 0 Å². The Morgan fingerprint density at radius 1 is 0.513 bits per heavy atom. The van der Waals surface area contributed by atoms with Crippen LogP contribution in [0.4, 0.5) is 0 Å². The molecule has 8 rings (SSSR count). The standard InChI is InChI=1S/C36H25NO2/c1-36(2)29-17-6-5-14-25(29)28-20-32-33(21-30(28)36)39-35-27(16-8-18-31(35)38-32)24-13-4-3-12-23(24)26-15-7-10-22-11-9-19-37-34(22)26/h3-21H,1-2H3. The average Bonchev–Trinajstić information content (AvgIpc) is 3.20. The van der Waals surface area contributed by atoms with Crippen LogP contribution >= 0.6 is 0 Å². The largest absolute Gasteiger partial charge is 0.449 e. The molecule has 186 valence electrons. The quantitative estimate of drug-likeness (QED) is 0.235. The molecule has 3 heteroatoms. The molecule has 1 aliphatic carbocycles. The molecule has 0 spiro atoms. The minimum Gasteiger partial charge on any atom is -0.449 e. The summed E-state index contributed by atoms with van der Waals surface area (Å²) in [7, 11) is 0. The molecular formula is C36H25NO2. The molecule has 0 saturated carbocycles. The summed E-state index contributed by atoms with van der Waals surface area (Å²) in [5.74, 6) is 2.95. The molecule has 39 heavy (non-hydrogen) atoms. The van der Waals surface area contributed by atoms with Gasteiger partial charge in [-0.1, -0.05) is 98.8 Å². The Morgan fingerprint density at radius 3 is 2.05 bits per heavy atom. The van der Waals surface area contributed by atoms with Crippen molar-refractivity contribution in [1.82, 2.24) is 4.98 Å². The van der Waals surface area contributed by atoms with Crippen molar-refractivity contribution in [3.8, 4) is 56.4 Å². The Hall–Kier alpha value is -4.89. The number of aromatic nitrogens is 1. The molecule has 0 bridgehead atoms. The van der Waals surface area contributed by atoms with Crippen molar-refractivity contribution < 1.29 is 9.47 Å². The van der Waals surface area contributed by atoms with E-state index in [1.807, 2.05) is 24.4 Å². The topological polar surface area (TPSA) is 31.4 Å². The molecule has 1 aromatic heterocycles. The van der Waals surface area contributed by atoms with E-state index in [-0.39, 0.29) is 5.41 Å². The predicted molar refractivity (Wildman–Crippen MR) is 157 cm³/mol. The first-order valence-electron chi connectivity index (χ1n) is 13.3. The average molecular weight is 504 g/mol. The lowest BCUT2D eigenvalue weighted by Crippen LogP contribution is -2.15. The van der Waals surface area contributed by atoms with Gasteiger partial charge in [0.05, 0.1) is 5.52 Å². The van der Waals surface area contributed by atoms with Crippen LogP contribution in [0.1, 0.15) is 25.0 Å². The first-order chi connectivity index (χ1) is 19.1. The van der Waals surface area contributed by atoms with Gasteiger partial charge in [-0.15, -0.1) is 0 Å². The normalized spacial score (nSPS) is 14.0. The Labute approximate surface area is 227 Å². The molecule has 3 nitrogen and oxygen atoms in total. The highest BCUT2D eigenvalue weighted by molar-refractivity contribution is 5.99. The highest BCUT2D eigenvalue weighted by Crippen LogP contribution is 2.56. The molecule has 5 aromatic carbocycles. The first-order valence-corrected chi connectivity index (χ1v) is 13.3. The van der Waals surface area contributed by atoms with Gasteiger partial charge in [0.2, 0.25) is 0 Å². The Bertz CT molecular complexity index is 1950. The second-order valence-electron chi connectivity index (χ2n) is 10.8. The SMILES string of the molecule is CC1(C)c2ccccc2-c2cc3c(cc21)Oc1c(cccc1-c1ccccc1-c1cccc2cccnc12)O3. The van der Waals surface area contributed by atoms with E-state index < -0.39 is 0 Å². The molecule has 6 aromatic rings. The molecule has 2 heterocycles. The van der Waals surface area contributed by atoms with Gasteiger partial charge in [-0.3, -0.25) is 4.98 Å². The molecule has 1 aliphatic heterocycles. The summed E-state index contributed by atoms with van der Waals surface area (Å²) in [6, 6.07) is 37.9. The van der Waals surface area contributed by atoms with Gasteiger partial charge >= 0.3 is 0 Å². The van der Waals surface area contributed by atoms with Crippen LogP contribution in [0.25, 0.3) is 44.3 Å². The van der Waals surface area contributed by atoms with E-state index in [4.69, 9.17) is 14.5 Å². The zero-order chi connectivity index (χ0) is 26.1. The number of benzene rings is 5. The minimum absolute atomic E-state index is 0.113. The van der Waals surface area contributed by atoms with E-state index in [9.17, 15) is 0 Å². The Kier molecular flexibility index (Phi) is 4.57. The van der Waals surface area contributed by atoms with Crippen LogP contribution in [0, 0.1) is 0 Å². The van der Waals surface area contributed by atoms with Crippen LogP contribution in [0.15, 0.2) is 115 Å². The van der Waals surface area contributed by atoms with Gasteiger partial charge in [-0.25, -0.2) is 0 Å². The van der Waals surface area contributed by atoms with Crippen LogP contribution in [0.2, 0.25) is 0 Å². The maximum absolute atomic E-state index is 6.72. The van der Waals surface area contributed by atoms with Gasteiger partial charge < -0.3 is 9.47 Å².